The fourth-order valence-corrected chi connectivity index (χ4v) is 1.71. The zero-order chi connectivity index (χ0) is 10.8. The number of allylic oxidation sites excluding steroid dienone is 1. The average Bonchev–Trinajstić information content (AvgIpc) is 2.02. The van der Waals surface area contributed by atoms with E-state index in [4.69, 9.17) is 16.2 Å². The van der Waals surface area contributed by atoms with Gasteiger partial charge in [-0.1, -0.05) is 23.7 Å². The third-order valence-corrected chi connectivity index (χ3v) is 2.53. The largest absolute Gasteiger partial charge is 0.287 e. The molecule has 0 aromatic heterocycles. The lowest BCUT2D eigenvalue weighted by Crippen LogP contribution is -1.92. The molecule has 3 nitrogen and oxygen atoms in total. The molecular formula is C9H9ClO3S. The van der Waals surface area contributed by atoms with Gasteiger partial charge in [-0.15, -0.1) is 0 Å². The van der Waals surface area contributed by atoms with Crippen molar-refractivity contribution >= 4 is 27.3 Å². The quantitative estimate of drug-likeness (QED) is 0.798. The molecule has 1 aromatic rings. The summed E-state index contributed by atoms with van der Waals surface area (Å²) in [5.41, 5.74) is 1.16. The second-order valence-corrected chi connectivity index (χ2v) is 4.52. The van der Waals surface area contributed by atoms with Crippen LogP contribution in [0.1, 0.15) is 12.5 Å². The Morgan fingerprint density at radius 3 is 2.29 bits per heavy atom. The topological polar surface area (TPSA) is 54.4 Å². The number of benzene rings is 1. The van der Waals surface area contributed by atoms with Crippen molar-refractivity contribution in [3.63, 3.8) is 0 Å². The highest BCUT2D eigenvalue weighted by Crippen LogP contribution is 2.17. The molecular weight excluding hydrogens is 224 g/mol. The van der Waals surface area contributed by atoms with E-state index in [1.807, 2.05) is 0 Å². The van der Waals surface area contributed by atoms with Crippen LogP contribution in [0.15, 0.2) is 29.7 Å². The molecule has 0 amide bonds. The Balaban J connectivity index is 3.07. The van der Waals surface area contributed by atoms with Gasteiger partial charge >= 0.3 is 0 Å². The minimum absolute atomic E-state index is 0.462. The molecule has 14 heavy (non-hydrogen) atoms. The lowest BCUT2D eigenvalue weighted by atomic mass is 10.1. The molecule has 1 N–H and O–H groups in total. The van der Waals surface area contributed by atoms with Crippen molar-refractivity contribution in [2.45, 2.75) is 6.92 Å². The summed E-state index contributed by atoms with van der Waals surface area (Å²) in [5.74, 6) is 0. The van der Waals surface area contributed by atoms with Gasteiger partial charge in [0.15, 0.2) is 0 Å². The Kier molecular flexibility index (Phi) is 3.31. The summed E-state index contributed by atoms with van der Waals surface area (Å²) < 4.78 is 29.6. The molecule has 1 rings (SSSR count). The second-order valence-electron chi connectivity index (χ2n) is 2.82. The molecule has 0 atom stereocenters. The zero-order valence-electron chi connectivity index (χ0n) is 7.44. The van der Waals surface area contributed by atoms with Gasteiger partial charge in [-0.25, -0.2) is 0 Å². The molecule has 0 aliphatic rings. The molecule has 0 spiro atoms. The van der Waals surface area contributed by atoms with E-state index in [-0.39, 0.29) is 0 Å². The minimum atomic E-state index is -4.08. The molecule has 0 saturated carbocycles. The predicted octanol–water partition coefficient (Wildman–Crippen LogP) is 2.59. The molecule has 0 aliphatic carbocycles. The minimum Gasteiger partial charge on any atom is -0.282 e. The van der Waals surface area contributed by atoms with Gasteiger partial charge in [0, 0.05) is 5.02 Å². The van der Waals surface area contributed by atoms with Gasteiger partial charge in [-0.3, -0.25) is 4.55 Å². The monoisotopic (exact) mass is 232 g/mol. The van der Waals surface area contributed by atoms with Crippen molar-refractivity contribution in [3.8, 4) is 0 Å². The highest BCUT2D eigenvalue weighted by molar-refractivity contribution is 7.89. The Morgan fingerprint density at radius 2 is 1.86 bits per heavy atom. The Bertz CT molecular complexity index is 445. The van der Waals surface area contributed by atoms with Crippen molar-refractivity contribution < 1.29 is 13.0 Å². The van der Waals surface area contributed by atoms with Crippen LogP contribution in [0.3, 0.4) is 0 Å². The highest BCUT2D eigenvalue weighted by Gasteiger charge is 2.02. The molecule has 0 fully saturated rings. The van der Waals surface area contributed by atoms with E-state index in [0.717, 1.165) is 5.41 Å². The molecule has 0 bridgehead atoms. The van der Waals surface area contributed by atoms with E-state index in [2.05, 4.69) is 0 Å². The van der Waals surface area contributed by atoms with Crippen LogP contribution in [-0.4, -0.2) is 13.0 Å². The van der Waals surface area contributed by atoms with Crippen molar-refractivity contribution in [1.82, 2.24) is 0 Å². The van der Waals surface area contributed by atoms with E-state index >= 15 is 0 Å². The van der Waals surface area contributed by atoms with Gasteiger partial charge in [-0.05, 0) is 30.2 Å². The Morgan fingerprint density at radius 1 is 1.36 bits per heavy atom. The van der Waals surface area contributed by atoms with Crippen LogP contribution < -0.4 is 0 Å². The third-order valence-electron chi connectivity index (χ3n) is 1.63. The van der Waals surface area contributed by atoms with Crippen molar-refractivity contribution in [3.05, 3.63) is 40.3 Å². The predicted molar refractivity (Wildman–Crippen MR) is 56.7 cm³/mol. The molecule has 0 radical (unpaired) electrons. The van der Waals surface area contributed by atoms with E-state index < -0.39 is 10.1 Å². The Labute approximate surface area is 87.8 Å². The summed E-state index contributed by atoms with van der Waals surface area (Å²) in [6.45, 7) is 1.59. The van der Waals surface area contributed by atoms with E-state index in [1.54, 1.807) is 31.2 Å². The molecule has 1 aromatic carbocycles. The molecule has 5 heteroatoms. The van der Waals surface area contributed by atoms with Gasteiger partial charge < -0.3 is 0 Å². The van der Waals surface area contributed by atoms with E-state index in [1.165, 1.54) is 0 Å². The lowest BCUT2D eigenvalue weighted by Gasteiger charge is -2.00. The third kappa shape index (κ3) is 3.49. The van der Waals surface area contributed by atoms with Crippen LogP contribution in [0, 0.1) is 0 Å². The zero-order valence-corrected chi connectivity index (χ0v) is 9.01. The van der Waals surface area contributed by atoms with Crippen LogP contribution in [0.4, 0.5) is 0 Å². The summed E-state index contributed by atoms with van der Waals surface area (Å²) in [5, 5.41) is 1.38. The number of hydrogen-bond acceptors (Lipinski definition) is 2. The standard InChI is InChI=1S/C9H9ClO3S/c1-7(6-14(11,12)13)8-2-4-9(10)5-3-8/h2-6H,1H3,(H,11,12,13)/b7-6-. The smallest absolute Gasteiger partial charge is 0.282 e. The Hall–Kier alpha value is -0.840. The summed E-state index contributed by atoms with van der Waals surface area (Å²) in [6.07, 6.45) is 0. The molecule has 76 valence electrons. The second kappa shape index (κ2) is 4.13. The SMILES string of the molecule is C/C(=C/S(=O)(=O)O)c1ccc(Cl)cc1. The average molecular weight is 233 g/mol. The number of rotatable bonds is 2. The summed E-state index contributed by atoms with van der Waals surface area (Å²) in [7, 11) is -4.08. The van der Waals surface area contributed by atoms with Gasteiger partial charge in [0.25, 0.3) is 10.1 Å². The fourth-order valence-electron chi connectivity index (χ4n) is 1.00. The maximum absolute atomic E-state index is 10.5. The number of hydrogen-bond donors (Lipinski definition) is 1. The van der Waals surface area contributed by atoms with Crippen molar-refractivity contribution in [2.24, 2.45) is 0 Å². The summed E-state index contributed by atoms with van der Waals surface area (Å²) in [4.78, 5) is 0. The van der Waals surface area contributed by atoms with Gasteiger partial charge in [0.2, 0.25) is 0 Å². The molecule has 0 aliphatic heterocycles. The molecule has 0 heterocycles. The summed E-state index contributed by atoms with van der Waals surface area (Å²) in [6, 6.07) is 6.66. The van der Waals surface area contributed by atoms with Crippen LogP contribution in [0.25, 0.3) is 5.57 Å². The van der Waals surface area contributed by atoms with E-state index in [0.29, 0.717) is 16.2 Å². The van der Waals surface area contributed by atoms with Crippen LogP contribution in [0.5, 0.6) is 0 Å². The maximum Gasteiger partial charge on any atom is 0.287 e. The lowest BCUT2D eigenvalue weighted by molar-refractivity contribution is 0.494. The first-order valence-corrected chi connectivity index (χ1v) is 5.68. The van der Waals surface area contributed by atoms with E-state index in [9.17, 15) is 8.42 Å². The summed E-state index contributed by atoms with van der Waals surface area (Å²) >= 11 is 5.66. The maximum atomic E-state index is 10.5. The fraction of sp³-hybridized carbons (Fsp3) is 0.111. The number of halogens is 1. The molecule has 0 unspecified atom stereocenters. The normalized spacial score (nSPS) is 12.9. The van der Waals surface area contributed by atoms with Crippen LogP contribution >= 0.6 is 11.6 Å². The van der Waals surface area contributed by atoms with Crippen LogP contribution in [0.2, 0.25) is 5.02 Å². The van der Waals surface area contributed by atoms with Gasteiger partial charge in [0.05, 0.1) is 5.41 Å². The molecule has 0 saturated heterocycles. The first-order chi connectivity index (χ1) is 6.38. The van der Waals surface area contributed by atoms with Crippen molar-refractivity contribution in [2.75, 3.05) is 0 Å². The van der Waals surface area contributed by atoms with Crippen molar-refractivity contribution in [1.29, 1.82) is 0 Å². The van der Waals surface area contributed by atoms with Gasteiger partial charge in [-0.2, -0.15) is 8.42 Å². The van der Waals surface area contributed by atoms with Gasteiger partial charge in [0.1, 0.15) is 0 Å². The highest BCUT2D eigenvalue weighted by atomic mass is 35.5. The first-order valence-electron chi connectivity index (χ1n) is 3.80. The van der Waals surface area contributed by atoms with Crippen LogP contribution in [-0.2, 0) is 10.1 Å². The first kappa shape index (κ1) is 11.2.